The van der Waals surface area contributed by atoms with Crippen LogP contribution < -0.4 is 30.6 Å². The third-order valence-electron chi connectivity index (χ3n) is 8.46. The number of oxazole rings is 1. The SMILES string of the molecule is CC(C)(C)c1ccnc(Oc2[c-]c3c(cc2)Oc2cc(C(C)(C)C)cc4c2B3c2[c-]c(-c3nc5ccccc5o3)ccc2O4)c1.[Pt+2]. The van der Waals surface area contributed by atoms with Gasteiger partial charge in [0.1, 0.15) is 23.0 Å². The summed E-state index contributed by atoms with van der Waals surface area (Å²) in [6.45, 7) is 12.8. The minimum atomic E-state index is -0.265. The van der Waals surface area contributed by atoms with Gasteiger partial charge in [0.2, 0.25) is 12.6 Å². The maximum absolute atomic E-state index is 6.58. The molecule has 6 nitrogen and oxygen atoms in total. The summed E-state index contributed by atoms with van der Waals surface area (Å²) in [5.41, 5.74) is 7.04. The third-order valence-corrected chi connectivity index (χ3v) is 8.46. The fraction of sp³-hybridized carbons (Fsp3) is 0.211. The van der Waals surface area contributed by atoms with E-state index < -0.39 is 0 Å². The number of rotatable bonds is 3. The predicted octanol–water partition coefficient (Wildman–Crippen LogP) is 7.60. The average molecular weight is 786 g/mol. The normalized spacial score (nSPS) is 13.1. The molecule has 0 unspecified atom stereocenters. The van der Waals surface area contributed by atoms with Gasteiger partial charge in [-0.3, -0.25) is 4.98 Å². The molecule has 0 fully saturated rings. The second-order valence-corrected chi connectivity index (χ2v) is 13.7. The molecule has 0 amide bonds. The molecular weight excluding hydrogens is 754 g/mol. The minimum Gasteiger partial charge on any atom is -0.518 e. The van der Waals surface area contributed by atoms with Crippen molar-refractivity contribution in [3.05, 3.63) is 102 Å². The van der Waals surface area contributed by atoms with Gasteiger partial charge < -0.3 is 18.6 Å². The van der Waals surface area contributed by atoms with Crippen molar-refractivity contribution in [2.45, 2.75) is 52.4 Å². The molecule has 0 saturated carbocycles. The molecule has 0 bridgehead atoms. The van der Waals surface area contributed by atoms with Crippen molar-refractivity contribution in [3.8, 4) is 46.1 Å². The van der Waals surface area contributed by atoms with Crippen LogP contribution in [0.2, 0.25) is 0 Å². The summed E-state index contributed by atoms with van der Waals surface area (Å²) in [6.07, 6.45) is 1.78. The zero-order valence-corrected chi connectivity index (χ0v) is 28.7. The molecule has 8 heteroatoms. The first-order valence-corrected chi connectivity index (χ1v) is 15.2. The number of hydrogen-bond acceptors (Lipinski definition) is 6. The van der Waals surface area contributed by atoms with E-state index in [4.69, 9.17) is 23.6 Å². The van der Waals surface area contributed by atoms with Crippen LogP contribution in [-0.2, 0) is 31.9 Å². The number of fused-ring (bicyclic) bond motifs is 5. The van der Waals surface area contributed by atoms with Crippen molar-refractivity contribution in [2.24, 2.45) is 0 Å². The molecule has 4 heterocycles. The van der Waals surface area contributed by atoms with Gasteiger partial charge in [0.05, 0.1) is 5.52 Å². The first-order valence-electron chi connectivity index (χ1n) is 15.2. The fourth-order valence-electron chi connectivity index (χ4n) is 5.95. The standard InChI is InChI=1S/C38H31BN2O4.Pt/c1-37(2,3)23-15-16-40-34(20-23)42-25-12-14-30-27(21-25)39-26-17-22(36-41-28-9-7-8-10-31(28)45-36)11-13-29(26)43-32-18-24(38(4,5)6)19-33(44-30)35(32)39;/h7-16,18-20H,1-6H3;/q-2;+2. The van der Waals surface area contributed by atoms with Gasteiger partial charge in [-0.05, 0) is 52.3 Å². The van der Waals surface area contributed by atoms with Crippen molar-refractivity contribution in [2.75, 3.05) is 0 Å². The molecule has 0 spiro atoms. The van der Waals surface area contributed by atoms with E-state index in [2.05, 4.69) is 70.8 Å². The Hall–Kier alpha value is -4.35. The first-order chi connectivity index (χ1) is 21.5. The van der Waals surface area contributed by atoms with E-state index in [9.17, 15) is 0 Å². The fourth-order valence-corrected chi connectivity index (χ4v) is 5.95. The van der Waals surface area contributed by atoms with Gasteiger partial charge in [-0.2, -0.15) is 0 Å². The minimum absolute atomic E-state index is 0. The zero-order valence-electron chi connectivity index (χ0n) is 26.4. The zero-order chi connectivity index (χ0) is 31.1. The van der Waals surface area contributed by atoms with Crippen LogP contribution in [0.5, 0.6) is 34.6 Å². The Morgan fingerprint density at radius 3 is 2.09 bits per heavy atom. The number of hydrogen-bond donors (Lipinski definition) is 0. The maximum atomic E-state index is 6.58. The number of para-hydroxylation sites is 2. The summed E-state index contributed by atoms with van der Waals surface area (Å²) in [7, 11) is 0. The average Bonchev–Trinajstić information content (AvgIpc) is 3.44. The van der Waals surface area contributed by atoms with Crippen LogP contribution in [0.3, 0.4) is 0 Å². The van der Waals surface area contributed by atoms with Gasteiger partial charge in [-0.15, -0.1) is 47.3 Å². The quantitative estimate of drug-likeness (QED) is 0.136. The molecule has 0 atom stereocenters. The van der Waals surface area contributed by atoms with E-state index in [0.29, 0.717) is 23.3 Å². The van der Waals surface area contributed by atoms with E-state index >= 15 is 0 Å². The molecule has 46 heavy (non-hydrogen) atoms. The Bertz CT molecular complexity index is 2090. The van der Waals surface area contributed by atoms with Gasteiger partial charge in [-0.25, -0.2) is 4.98 Å². The Kier molecular flexibility index (Phi) is 7.17. The Morgan fingerprint density at radius 1 is 0.717 bits per heavy atom. The first kappa shape index (κ1) is 30.3. The number of aromatic nitrogens is 2. The van der Waals surface area contributed by atoms with Gasteiger partial charge in [0.15, 0.2) is 0 Å². The summed E-state index contributed by atoms with van der Waals surface area (Å²) in [5.74, 6) is 4.54. The smallest absolute Gasteiger partial charge is 0.518 e. The molecule has 0 aliphatic carbocycles. The number of benzene rings is 4. The summed E-state index contributed by atoms with van der Waals surface area (Å²) < 4.78 is 25.6. The molecule has 4 aromatic carbocycles. The van der Waals surface area contributed by atoms with Crippen LogP contribution in [0, 0.1) is 12.1 Å². The monoisotopic (exact) mass is 785 g/mol. The summed E-state index contributed by atoms with van der Waals surface area (Å²) in [5, 5.41) is 0. The largest absolute Gasteiger partial charge is 2.00 e. The van der Waals surface area contributed by atoms with Gasteiger partial charge in [0, 0.05) is 35.0 Å². The van der Waals surface area contributed by atoms with Gasteiger partial charge >= 0.3 is 21.1 Å². The molecule has 0 saturated heterocycles. The van der Waals surface area contributed by atoms with Crippen LogP contribution in [0.4, 0.5) is 0 Å². The van der Waals surface area contributed by atoms with Crippen LogP contribution in [0.25, 0.3) is 22.6 Å². The van der Waals surface area contributed by atoms with Crippen LogP contribution in [0.15, 0.2) is 83.4 Å². The Morgan fingerprint density at radius 2 is 1.39 bits per heavy atom. The number of nitrogens with zero attached hydrogens (tertiary/aromatic N) is 2. The summed E-state index contributed by atoms with van der Waals surface area (Å²) in [4.78, 5) is 9.20. The molecule has 8 rings (SSSR count). The van der Waals surface area contributed by atoms with E-state index in [1.54, 1.807) is 6.20 Å². The molecule has 2 aliphatic rings. The van der Waals surface area contributed by atoms with E-state index in [0.717, 1.165) is 61.4 Å². The maximum Gasteiger partial charge on any atom is 2.00 e. The van der Waals surface area contributed by atoms with Crippen molar-refractivity contribution >= 4 is 34.2 Å². The molecule has 0 radical (unpaired) electrons. The van der Waals surface area contributed by atoms with E-state index in [1.165, 1.54) is 0 Å². The van der Waals surface area contributed by atoms with Crippen LogP contribution >= 0.6 is 0 Å². The number of ether oxygens (including phenoxy) is 3. The second-order valence-electron chi connectivity index (χ2n) is 13.7. The molecule has 0 N–H and O–H groups in total. The molecule has 230 valence electrons. The topological polar surface area (TPSA) is 66.6 Å². The van der Waals surface area contributed by atoms with E-state index in [-0.39, 0.29) is 38.6 Å². The molecule has 2 aromatic heterocycles. The number of pyridine rings is 1. The van der Waals surface area contributed by atoms with Crippen molar-refractivity contribution in [1.82, 2.24) is 9.97 Å². The second kappa shape index (κ2) is 10.9. The molecular formula is C38H31BN2O4Pt. The third kappa shape index (κ3) is 5.21. The Labute approximate surface area is 283 Å². The summed E-state index contributed by atoms with van der Waals surface area (Å²) >= 11 is 0. The molecule has 2 aliphatic heterocycles. The van der Waals surface area contributed by atoms with Crippen LogP contribution in [-0.4, -0.2) is 16.7 Å². The van der Waals surface area contributed by atoms with Crippen molar-refractivity contribution in [3.63, 3.8) is 0 Å². The van der Waals surface area contributed by atoms with E-state index in [1.807, 2.05) is 60.7 Å². The summed E-state index contributed by atoms with van der Waals surface area (Å²) in [6, 6.07) is 30.9. The molecule has 6 aromatic rings. The Balaban J connectivity index is 0.00000338. The van der Waals surface area contributed by atoms with Crippen molar-refractivity contribution in [1.29, 1.82) is 0 Å². The van der Waals surface area contributed by atoms with Gasteiger partial charge in [0.25, 0.3) is 0 Å². The van der Waals surface area contributed by atoms with Crippen molar-refractivity contribution < 1.29 is 39.7 Å². The van der Waals surface area contributed by atoms with Crippen LogP contribution in [0.1, 0.15) is 52.7 Å². The van der Waals surface area contributed by atoms with Gasteiger partial charge in [-0.1, -0.05) is 59.2 Å². The predicted molar refractivity (Wildman–Crippen MR) is 177 cm³/mol.